The first-order chi connectivity index (χ1) is 14.0. The molecular formula is C23H25N3O3. The second kappa shape index (κ2) is 7.81. The summed E-state index contributed by atoms with van der Waals surface area (Å²) in [6.07, 6.45) is -0.0987. The Hall–Kier alpha value is -2.96. The summed E-state index contributed by atoms with van der Waals surface area (Å²) in [5.74, 6) is 0.328. The number of hydrogen-bond donors (Lipinski definition) is 1. The van der Waals surface area contributed by atoms with E-state index in [4.69, 9.17) is 4.52 Å². The largest absolute Gasteiger partial charge is 0.389 e. The molecule has 1 aliphatic heterocycles. The van der Waals surface area contributed by atoms with E-state index in [1.807, 2.05) is 74.8 Å². The topological polar surface area (TPSA) is 69.8 Å². The average molecular weight is 391 g/mol. The molecule has 29 heavy (non-hydrogen) atoms. The maximum absolute atomic E-state index is 13.0. The van der Waals surface area contributed by atoms with Gasteiger partial charge in [-0.15, -0.1) is 0 Å². The van der Waals surface area contributed by atoms with Crippen molar-refractivity contribution in [2.45, 2.75) is 18.1 Å². The van der Waals surface area contributed by atoms with E-state index in [1.54, 1.807) is 11.0 Å². The van der Waals surface area contributed by atoms with Crippen molar-refractivity contribution >= 4 is 5.91 Å². The molecule has 6 heteroatoms. The molecule has 1 aliphatic rings. The first-order valence-corrected chi connectivity index (χ1v) is 9.75. The van der Waals surface area contributed by atoms with Crippen LogP contribution in [-0.2, 0) is 5.54 Å². The third-order valence-electron chi connectivity index (χ3n) is 5.85. The molecule has 1 aromatic heterocycles. The van der Waals surface area contributed by atoms with E-state index in [0.29, 0.717) is 18.7 Å². The highest BCUT2D eigenvalue weighted by atomic mass is 16.5. The molecule has 0 aliphatic carbocycles. The fourth-order valence-electron chi connectivity index (χ4n) is 4.23. The first kappa shape index (κ1) is 19.4. The second-order valence-electron chi connectivity index (χ2n) is 7.64. The molecule has 3 aromatic rings. The highest BCUT2D eigenvalue weighted by Crippen LogP contribution is 2.38. The normalized spacial score (nSPS) is 22.1. The number of nitrogens with zero attached hydrogens (tertiary/aromatic N) is 3. The zero-order chi connectivity index (χ0) is 20.4. The van der Waals surface area contributed by atoms with E-state index in [0.717, 1.165) is 11.1 Å². The molecular weight excluding hydrogens is 366 g/mol. The minimum Gasteiger partial charge on any atom is -0.389 e. The van der Waals surface area contributed by atoms with Crippen molar-refractivity contribution in [3.63, 3.8) is 0 Å². The Morgan fingerprint density at radius 2 is 1.79 bits per heavy atom. The number of likely N-dealkylation sites (N-methyl/N-ethyl adjacent to an activating group) is 1. The summed E-state index contributed by atoms with van der Waals surface area (Å²) in [5, 5.41) is 15.1. The summed E-state index contributed by atoms with van der Waals surface area (Å²) in [6, 6.07) is 21.2. The first-order valence-electron chi connectivity index (χ1n) is 9.75. The fourth-order valence-corrected chi connectivity index (χ4v) is 4.23. The number of amides is 1. The van der Waals surface area contributed by atoms with Crippen LogP contribution in [0.4, 0.5) is 0 Å². The Morgan fingerprint density at radius 1 is 1.14 bits per heavy atom. The van der Waals surface area contributed by atoms with Crippen LogP contribution in [0.5, 0.6) is 0 Å². The predicted molar refractivity (Wildman–Crippen MR) is 110 cm³/mol. The lowest BCUT2D eigenvalue weighted by Gasteiger charge is -2.49. The Bertz CT molecular complexity index is 971. The molecule has 2 atom stereocenters. The molecule has 2 aromatic carbocycles. The molecule has 1 amide bonds. The van der Waals surface area contributed by atoms with Gasteiger partial charge in [0.05, 0.1) is 11.6 Å². The predicted octanol–water partition coefficient (Wildman–Crippen LogP) is 3.01. The summed E-state index contributed by atoms with van der Waals surface area (Å²) in [4.78, 5) is 16.7. The van der Waals surface area contributed by atoms with Crippen LogP contribution in [-0.4, -0.2) is 59.3 Å². The molecule has 6 nitrogen and oxygen atoms in total. The van der Waals surface area contributed by atoms with Crippen molar-refractivity contribution < 1.29 is 14.4 Å². The maximum atomic E-state index is 13.0. The van der Waals surface area contributed by atoms with Crippen molar-refractivity contribution in [2.24, 2.45) is 0 Å². The quantitative estimate of drug-likeness (QED) is 0.740. The van der Waals surface area contributed by atoms with E-state index < -0.39 is 11.6 Å². The van der Waals surface area contributed by atoms with Gasteiger partial charge < -0.3 is 14.5 Å². The van der Waals surface area contributed by atoms with Gasteiger partial charge in [0.2, 0.25) is 0 Å². The molecule has 1 N–H and O–H groups in total. The molecule has 1 saturated heterocycles. The number of piperidine rings is 1. The lowest BCUT2D eigenvalue weighted by atomic mass is 9.77. The van der Waals surface area contributed by atoms with E-state index in [9.17, 15) is 9.90 Å². The van der Waals surface area contributed by atoms with Crippen LogP contribution < -0.4 is 0 Å². The van der Waals surface area contributed by atoms with E-state index >= 15 is 0 Å². The molecule has 0 unspecified atom stereocenters. The number of likely N-dealkylation sites (tertiary alicyclic amines) is 1. The standard InChI is InChI=1S/C23H25N3O3/c1-25(2)23(18-11-7-4-8-12-18)13-14-26(16-21(23)27)22(28)19-15-20(29-24-19)17-9-5-3-6-10-17/h3-12,15,21,27H,13-14,16H2,1-2H3/t21-,23+/m1/s1. The summed E-state index contributed by atoms with van der Waals surface area (Å²) in [6.45, 7) is 0.760. The molecule has 150 valence electrons. The van der Waals surface area contributed by atoms with Gasteiger partial charge in [-0.3, -0.25) is 9.69 Å². The van der Waals surface area contributed by atoms with Crippen LogP contribution in [0.15, 0.2) is 71.3 Å². The fraction of sp³-hybridized carbons (Fsp3) is 0.304. The molecule has 0 bridgehead atoms. The van der Waals surface area contributed by atoms with Crippen LogP contribution in [0.3, 0.4) is 0 Å². The Labute approximate surface area is 170 Å². The van der Waals surface area contributed by atoms with Gasteiger partial charge in [-0.25, -0.2) is 0 Å². The van der Waals surface area contributed by atoms with Gasteiger partial charge in [-0.2, -0.15) is 0 Å². The molecule has 0 spiro atoms. The van der Waals surface area contributed by atoms with Crippen LogP contribution in [0.1, 0.15) is 22.5 Å². The van der Waals surface area contributed by atoms with Gasteiger partial charge in [0.25, 0.3) is 5.91 Å². The van der Waals surface area contributed by atoms with Crippen molar-refractivity contribution in [2.75, 3.05) is 27.2 Å². The van der Waals surface area contributed by atoms with Crippen molar-refractivity contribution in [1.82, 2.24) is 15.0 Å². The van der Waals surface area contributed by atoms with Gasteiger partial charge in [0, 0.05) is 24.7 Å². The van der Waals surface area contributed by atoms with Crippen LogP contribution in [0.2, 0.25) is 0 Å². The lowest BCUT2D eigenvalue weighted by molar-refractivity contribution is -0.0613. The second-order valence-corrected chi connectivity index (χ2v) is 7.64. The lowest BCUT2D eigenvalue weighted by Crippen LogP contribution is -2.60. The molecule has 1 fully saturated rings. The number of β-amino-alcohol motifs (C(OH)–C–C–N with tert-alkyl or cyclic N) is 1. The minimum atomic E-state index is -0.724. The number of carbonyl (C=O) groups is 1. The Kier molecular flexibility index (Phi) is 5.22. The Morgan fingerprint density at radius 3 is 2.41 bits per heavy atom. The molecule has 4 rings (SSSR count). The van der Waals surface area contributed by atoms with E-state index in [-0.39, 0.29) is 18.1 Å². The SMILES string of the molecule is CN(C)[C@]1(c2ccccc2)CCN(C(=O)c2cc(-c3ccccc3)on2)C[C@H]1O. The van der Waals surface area contributed by atoms with Crippen molar-refractivity contribution in [3.8, 4) is 11.3 Å². The number of aliphatic hydroxyl groups is 1. The third-order valence-corrected chi connectivity index (χ3v) is 5.85. The van der Waals surface area contributed by atoms with Crippen LogP contribution >= 0.6 is 0 Å². The van der Waals surface area contributed by atoms with E-state index in [1.165, 1.54) is 0 Å². The zero-order valence-electron chi connectivity index (χ0n) is 16.7. The number of benzene rings is 2. The van der Waals surface area contributed by atoms with Gasteiger partial charge >= 0.3 is 0 Å². The number of hydrogen-bond acceptors (Lipinski definition) is 5. The van der Waals surface area contributed by atoms with Crippen LogP contribution in [0.25, 0.3) is 11.3 Å². The molecule has 0 radical (unpaired) electrons. The summed E-state index contributed by atoms with van der Waals surface area (Å²) < 4.78 is 5.37. The van der Waals surface area contributed by atoms with Gasteiger partial charge in [-0.1, -0.05) is 65.8 Å². The number of carbonyl (C=O) groups excluding carboxylic acids is 1. The highest BCUT2D eigenvalue weighted by molar-refractivity contribution is 5.93. The molecule has 2 heterocycles. The monoisotopic (exact) mass is 391 g/mol. The smallest absolute Gasteiger partial charge is 0.276 e. The van der Waals surface area contributed by atoms with E-state index in [2.05, 4.69) is 10.1 Å². The van der Waals surface area contributed by atoms with Gasteiger partial charge in [-0.05, 0) is 26.1 Å². The average Bonchev–Trinajstić information content (AvgIpc) is 3.24. The van der Waals surface area contributed by atoms with Crippen molar-refractivity contribution in [3.05, 3.63) is 78.0 Å². The van der Waals surface area contributed by atoms with Gasteiger partial charge in [0.15, 0.2) is 11.5 Å². The number of aromatic nitrogens is 1. The summed E-state index contributed by atoms with van der Waals surface area (Å²) in [5.41, 5.74) is 1.65. The van der Waals surface area contributed by atoms with Crippen molar-refractivity contribution in [1.29, 1.82) is 0 Å². The highest BCUT2D eigenvalue weighted by Gasteiger charge is 2.46. The molecule has 0 saturated carbocycles. The maximum Gasteiger partial charge on any atom is 0.276 e. The summed E-state index contributed by atoms with van der Waals surface area (Å²) in [7, 11) is 3.94. The number of aliphatic hydroxyl groups excluding tert-OH is 1. The minimum absolute atomic E-state index is 0.226. The zero-order valence-corrected chi connectivity index (χ0v) is 16.7. The third kappa shape index (κ3) is 3.45. The van der Waals surface area contributed by atoms with Gasteiger partial charge in [0.1, 0.15) is 0 Å². The number of rotatable bonds is 4. The van der Waals surface area contributed by atoms with Crippen LogP contribution in [0, 0.1) is 0 Å². The Balaban J connectivity index is 1.54. The summed E-state index contributed by atoms with van der Waals surface area (Å²) >= 11 is 0.